The van der Waals surface area contributed by atoms with Crippen molar-refractivity contribution >= 4 is 5.91 Å². The first-order valence-electron chi connectivity index (χ1n) is 7.84. The maximum Gasteiger partial charge on any atom is 0.307 e. The maximum absolute atomic E-state index is 12.3. The highest BCUT2D eigenvalue weighted by atomic mass is 16.4. The monoisotopic (exact) mass is 297 g/mol. The topological polar surface area (TPSA) is 58.4 Å². The van der Waals surface area contributed by atoms with Crippen LogP contribution in [-0.2, 0) is 0 Å². The van der Waals surface area contributed by atoms with Gasteiger partial charge in [0.25, 0.3) is 5.89 Å². The number of oxazole rings is 1. The standard InChI is InChI=1S/C17H19N3O2/c21-16(19-14-11-20-8-6-12(14)7-9-20)17-18-10-15(22-17)13-4-2-1-3-5-13/h1-5,10,12,14H,6-9,11H2,(H,19,21)/t14-/m0/s1. The van der Waals surface area contributed by atoms with Gasteiger partial charge in [-0.05, 0) is 31.8 Å². The summed E-state index contributed by atoms with van der Waals surface area (Å²) in [7, 11) is 0. The smallest absolute Gasteiger partial charge is 0.307 e. The highest BCUT2D eigenvalue weighted by Gasteiger charge is 2.35. The van der Waals surface area contributed by atoms with Gasteiger partial charge >= 0.3 is 5.91 Å². The Morgan fingerprint density at radius 3 is 2.68 bits per heavy atom. The van der Waals surface area contributed by atoms with Gasteiger partial charge in [0.1, 0.15) is 0 Å². The molecule has 5 rings (SSSR count). The number of amides is 1. The number of hydrogen-bond donors (Lipinski definition) is 1. The fourth-order valence-corrected chi connectivity index (χ4v) is 3.47. The van der Waals surface area contributed by atoms with E-state index in [9.17, 15) is 4.79 Å². The van der Waals surface area contributed by atoms with Gasteiger partial charge in [0, 0.05) is 18.2 Å². The largest absolute Gasteiger partial charge is 0.432 e. The Labute approximate surface area is 129 Å². The van der Waals surface area contributed by atoms with Gasteiger partial charge < -0.3 is 14.6 Å². The molecule has 0 radical (unpaired) electrons. The summed E-state index contributed by atoms with van der Waals surface area (Å²) < 4.78 is 5.62. The molecule has 0 aliphatic carbocycles. The van der Waals surface area contributed by atoms with E-state index in [2.05, 4.69) is 15.2 Å². The molecular formula is C17H19N3O2. The van der Waals surface area contributed by atoms with Crippen LogP contribution in [0.3, 0.4) is 0 Å². The van der Waals surface area contributed by atoms with Crippen molar-refractivity contribution in [1.29, 1.82) is 0 Å². The molecule has 0 spiro atoms. The number of fused-ring (bicyclic) bond motifs is 3. The fraction of sp³-hybridized carbons (Fsp3) is 0.412. The summed E-state index contributed by atoms with van der Waals surface area (Å²) in [5.41, 5.74) is 0.928. The molecule has 3 aliphatic rings. The van der Waals surface area contributed by atoms with E-state index in [1.165, 1.54) is 12.8 Å². The fourth-order valence-electron chi connectivity index (χ4n) is 3.47. The average molecular weight is 297 g/mol. The van der Waals surface area contributed by atoms with Crippen LogP contribution in [0.25, 0.3) is 11.3 Å². The number of carbonyl (C=O) groups excluding carboxylic acids is 1. The third-order valence-electron chi connectivity index (χ3n) is 4.73. The molecule has 1 amide bonds. The second kappa shape index (κ2) is 5.57. The van der Waals surface area contributed by atoms with E-state index >= 15 is 0 Å². The molecule has 5 heteroatoms. The molecular weight excluding hydrogens is 278 g/mol. The third-order valence-corrected chi connectivity index (χ3v) is 4.73. The summed E-state index contributed by atoms with van der Waals surface area (Å²) in [5, 5.41) is 3.09. The molecule has 5 nitrogen and oxygen atoms in total. The Balaban J connectivity index is 1.46. The van der Waals surface area contributed by atoms with Crippen LogP contribution in [0.5, 0.6) is 0 Å². The highest BCUT2D eigenvalue weighted by molar-refractivity contribution is 5.90. The number of carbonyl (C=O) groups is 1. The van der Waals surface area contributed by atoms with Crippen LogP contribution in [0, 0.1) is 5.92 Å². The number of nitrogens with zero attached hydrogens (tertiary/aromatic N) is 2. The first-order valence-corrected chi connectivity index (χ1v) is 7.84. The zero-order chi connectivity index (χ0) is 14.9. The van der Waals surface area contributed by atoms with Gasteiger partial charge in [-0.2, -0.15) is 0 Å². The van der Waals surface area contributed by atoms with Crippen molar-refractivity contribution in [3.63, 3.8) is 0 Å². The molecule has 3 saturated heterocycles. The predicted molar refractivity (Wildman–Crippen MR) is 82.4 cm³/mol. The first-order chi connectivity index (χ1) is 10.8. The SMILES string of the molecule is O=C(N[C@H]1CN2CCC1CC2)c1ncc(-c2ccccc2)o1. The lowest BCUT2D eigenvalue weighted by atomic mass is 9.84. The summed E-state index contributed by atoms with van der Waals surface area (Å²) in [6.07, 6.45) is 3.96. The Bertz CT molecular complexity index is 660. The highest BCUT2D eigenvalue weighted by Crippen LogP contribution is 2.28. The Morgan fingerprint density at radius 1 is 1.23 bits per heavy atom. The van der Waals surface area contributed by atoms with Crippen molar-refractivity contribution in [2.75, 3.05) is 19.6 Å². The lowest BCUT2D eigenvalue weighted by Gasteiger charge is -2.44. The van der Waals surface area contributed by atoms with E-state index in [0.717, 1.165) is 25.2 Å². The van der Waals surface area contributed by atoms with E-state index in [4.69, 9.17) is 4.42 Å². The van der Waals surface area contributed by atoms with Crippen molar-refractivity contribution in [3.05, 3.63) is 42.4 Å². The van der Waals surface area contributed by atoms with Crippen molar-refractivity contribution in [2.24, 2.45) is 5.92 Å². The Kier molecular flexibility index (Phi) is 3.42. The normalized spacial score (nSPS) is 26.8. The number of hydrogen-bond acceptors (Lipinski definition) is 4. The molecule has 3 fully saturated rings. The molecule has 114 valence electrons. The number of piperidine rings is 3. The van der Waals surface area contributed by atoms with E-state index in [1.807, 2.05) is 30.3 Å². The number of nitrogens with one attached hydrogen (secondary N) is 1. The second-order valence-corrected chi connectivity index (χ2v) is 6.11. The van der Waals surface area contributed by atoms with Crippen LogP contribution in [-0.4, -0.2) is 41.5 Å². The van der Waals surface area contributed by atoms with E-state index < -0.39 is 0 Å². The molecule has 1 atom stereocenters. The molecule has 1 aromatic heterocycles. The van der Waals surface area contributed by atoms with Crippen LogP contribution in [0.2, 0.25) is 0 Å². The third kappa shape index (κ3) is 2.52. The maximum atomic E-state index is 12.3. The second-order valence-electron chi connectivity index (χ2n) is 6.11. The molecule has 2 bridgehead atoms. The lowest BCUT2D eigenvalue weighted by Crippen LogP contribution is -2.57. The molecule has 4 heterocycles. The van der Waals surface area contributed by atoms with Crippen LogP contribution in [0.4, 0.5) is 0 Å². The minimum Gasteiger partial charge on any atom is -0.432 e. The van der Waals surface area contributed by atoms with Gasteiger partial charge in [-0.25, -0.2) is 4.98 Å². The van der Waals surface area contributed by atoms with Gasteiger partial charge in [-0.3, -0.25) is 4.79 Å². The summed E-state index contributed by atoms with van der Waals surface area (Å²) in [6.45, 7) is 3.27. The first kappa shape index (κ1) is 13.5. The molecule has 1 aromatic carbocycles. The summed E-state index contributed by atoms with van der Waals surface area (Å²) in [5.74, 6) is 1.16. The van der Waals surface area contributed by atoms with Crippen molar-refractivity contribution < 1.29 is 9.21 Å². The molecule has 0 saturated carbocycles. The molecule has 22 heavy (non-hydrogen) atoms. The van der Waals surface area contributed by atoms with Crippen molar-refractivity contribution in [1.82, 2.24) is 15.2 Å². The lowest BCUT2D eigenvalue weighted by molar-refractivity contribution is 0.0602. The number of rotatable bonds is 3. The Morgan fingerprint density at radius 2 is 2.00 bits per heavy atom. The quantitative estimate of drug-likeness (QED) is 0.943. The van der Waals surface area contributed by atoms with Crippen molar-refractivity contribution in [3.8, 4) is 11.3 Å². The predicted octanol–water partition coefficient (Wildman–Crippen LogP) is 2.17. The van der Waals surface area contributed by atoms with Gasteiger partial charge in [0.2, 0.25) is 0 Å². The minimum atomic E-state index is -0.207. The van der Waals surface area contributed by atoms with Crippen LogP contribution in [0.15, 0.2) is 40.9 Å². The molecule has 3 aliphatic heterocycles. The van der Waals surface area contributed by atoms with E-state index in [1.54, 1.807) is 6.20 Å². The minimum absolute atomic E-state index is 0.148. The molecule has 0 unspecified atom stereocenters. The molecule has 1 N–H and O–H groups in total. The van der Waals surface area contributed by atoms with Crippen LogP contribution < -0.4 is 5.32 Å². The van der Waals surface area contributed by atoms with Crippen LogP contribution >= 0.6 is 0 Å². The van der Waals surface area contributed by atoms with E-state index in [-0.39, 0.29) is 17.8 Å². The van der Waals surface area contributed by atoms with Gasteiger partial charge in [0.15, 0.2) is 5.76 Å². The van der Waals surface area contributed by atoms with Crippen molar-refractivity contribution in [2.45, 2.75) is 18.9 Å². The summed E-state index contributed by atoms with van der Waals surface area (Å²) in [6, 6.07) is 9.92. The number of aromatic nitrogens is 1. The molecule has 2 aromatic rings. The van der Waals surface area contributed by atoms with Gasteiger partial charge in [0.05, 0.1) is 6.20 Å². The van der Waals surface area contributed by atoms with Gasteiger partial charge in [-0.1, -0.05) is 30.3 Å². The van der Waals surface area contributed by atoms with Crippen LogP contribution in [0.1, 0.15) is 23.5 Å². The summed E-state index contributed by atoms with van der Waals surface area (Å²) in [4.78, 5) is 18.9. The zero-order valence-corrected chi connectivity index (χ0v) is 12.4. The number of benzene rings is 1. The average Bonchev–Trinajstić information content (AvgIpc) is 3.07. The Hall–Kier alpha value is -2.14. The summed E-state index contributed by atoms with van der Waals surface area (Å²) >= 11 is 0. The van der Waals surface area contributed by atoms with Gasteiger partial charge in [-0.15, -0.1) is 0 Å². The zero-order valence-electron chi connectivity index (χ0n) is 12.4. The van der Waals surface area contributed by atoms with E-state index in [0.29, 0.717) is 11.7 Å².